The lowest BCUT2D eigenvalue weighted by Gasteiger charge is -2.39. The quantitative estimate of drug-likeness (QED) is 0.911. The van der Waals surface area contributed by atoms with Gasteiger partial charge in [0.05, 0.1) is 12.1 Å². The molecule has 5 heteroatoms. The molecule has 1 aromatic carbocycles. The van der Waals surface area contributed by atoms with E-state index >= 15 is 0 Å². The highest BCUT2D eigenvalue weighted by Crippen LogP contribution is 2.33. The van der Waals surface area contributed by atoms with Gasteiger partial charge >= 0.3 is 0 Å². The monoisotopic (exact) mass is 350 g/mol. The van der Waals surface area contributed by atoms with Gasteiger partial charge in [0, 0.05) is 31.2 Å². The third-order valence-electron chi connectivity index (χ3n) is 5.56. The third kappa shape index (κ3) is 4.11. The van der Waals surface area contributed by atoms with Crippen LogP contribution in [0.3, 0.4) is 0 Å². The smallest absolute Gasteiger partial charge is 0.236 e. The van der Waals surface area contributed by atoms with Crippen LogP contribution >= 0.6 is 11.6 Å². The molecule has 2 saturated heterocycles. The van der Waals surface area contributed by atoms with Crippen LogP contribution in [0, 0.1) is 5.92 Å². The summed E-state index contributed by atoms with van der Waals surface area (Å²) in [7, 11) is 0. The van der Waals surface area contributed by atoms with E-state index in [9.17, 15) is 9.90 Å². The van der Waals surface area contributed by atoms with Crippen LogP contribution in [0.5, 0.6) is 0 Å². The third-order valence-corrected chi connectivity index (χ3v) is 5.81. The predicted molar refractivity (Wildman–Crippen MR) is 96.0 cm³/mol. The van der Waals surface area contributed by atoms with Crippen LogP contribution in [0.25, 0.3) is 0 Å². The summed E-state index contributed by atoms with van der Waals surface area (Å²) >= 11 is 5.93. The number of carbonyl (C=O) groups excluding carboxylic acids is 1. The molecule has 0 atom stereocenters. The maximum atomic E-state index is 12.4. The Morgan fingerprint density at radius 3 is 2.33 bits per heavy atom. The molecule has 3 rings (SSSR count). The van der Waals surface area contributed by atoms with E-state index in [0.717, 1.165) is 50.5 Å². The molecule has 132 valence electrons. The van der Waals surface area contributed by atoms with Crippen LogP contribution in [-0.4, -0.2) is 53.5 Å². The van der Waals surface area contributed by atoms with Crippen LogP contribution in [0.4, 0.5) is 0 Å². The zero-order valence-corrected chi connectivity index (χ0v) is 15.1. The van der Waals surface area contributed by atoms with Crippen molar-refractivity contribution in [1.29, 1.82) is 0 Å². The Balaban J connectivity index is 1.51. The zero-order valence-electron chi connectivity index (χ0n) is 14.4. The lowest BCUT2D eigenvalue weighted by molar-refractivity contribution is -0.135. The fraction of sp³-hybridized carbons (Fsp3) is 0.632. The van der Waals surface area contributed by atoms with Crippen LogP contribution in [0.2, 0.25) is 5.02 Å². The number of rotatable bonds is 3. The summed E-state index contributed by atoms with van der Waals surface area (Å²) in [5.74, 6) is 0.970. The van der Waals surface area contributed by atoms with Gasteiger partial charge in [-0.05, 0) is 49.3 Å². The SMILES string of the molecule is CC1CCN(C(=O)CN2CCC(O)(c3ccc(Cl)cc3)CC2)CC1. The second-order valence-electron chi connectivity index (χ2n) is 7.38. The normalized spacial score (nSPS) is 22.5. The summed E-state index contributed by atoms with van der Waals surface area (Å²) in [6.07, 6.45) is 3.53. The average Bonchev–Trinajstić information content (AvgIpc) is 2.58. The molecule has 1 aromatic rings. The molecule has 2 fully saturated rings. The first-order valence-electron chi connectivity index (χ1n) is 8.95. The molecule has 2 aliphatic heterocycles. The second-order valence-corrected chi connectivity index (χ2v) is 7.81. The van der Waals surface area contributed by atoms with Crippen LogP contribution in [0.15, 0.2) is 24.3 Å². The van der Waals surface area contributed by atoms with Crippen molar-refractivity contribution < 1.29 is 9.90 Å². The molecule has 4 nitrogen and oxygen atoms in total. The topological polar surface area (TPSA) is 43.8 Å². The van der Waals surface area contributed by atoms with Gasteiger partial charge in [0.15, 0.2) is 0 Å². The van der Waals surface area contributed by atoms with Crippen LogP contribution in [-0.2, 0) is 10.4 Å². The Hall–Kier alpha value is -1.10. The number of likely N-dealkylation sites (tertiary alicyclic amines) is 2. The molecule has 0 aromatic heterocycles. The van der Waals surface area contributed by atoms with Gasteiger partial charge in [-0.15, -0.1) is 0 Å². The second kappa shape index (κ2) is 7.42. The number of carbonyl (C=O) groups is 1. The van der Waals surface area contributed by atoms with Crippen molar-refractivity contribution in [2.45, 2.75) is 38.2 Å². The Bertz CT molecular complexity index is 559. The highest BCUT2D eigenvalue weighted by atomic mass is 35.5. The Kier molecular flexibility index (Phi) is 5.48. The molecule has 0 saturated carbocycles. The minimum absolute atomic E-state index is 0.235. The van der Waals surface area contributed by atoms with E-state index in [1.807, 2.05) is 29.2 Å². The summed E-state index contributed by atoms with van der Waals surface area (Å²) in [5.41, 5.74) is 0.118. The molecular formula is C19H27ClN2O2. The summed E-state index contributed by atoms with van der Waals surface area (Å²) in [5, 5.41) is 11.6. The maximum absolute atomic E-state index is 12.4. The van der Waals surface area contributed by atoms with Gasteiger partial charge in [-0.1, -0.05) is 30.7 Å². The highest BCUT2D eigenvalue weighted by molar-refractivity contribution is 6.30. The minimum atomic E-state index is -0.801. The molecular weight excluding hydrogens is 324 g/mol. The molecule has 0 bridgehead atoms. The first kappa shape index (κ1) is 17.7. The Morgan fingerprint density at radius 2 is 1.75 bits per heavy atom. The molecule has 1 amide bonds. The zero-order chi connectivity index (χ0) is 17.2. The largest absolute Gasteiger partial charge is 0.385 e. The molecule has 0 aliphatic carbocycles. The van der Waals surface area contributed by atoms with Crippen molar-refractivity contribution in [1.82, 2.24) is 9.80 Å². The number of nitrogens with zero attached hydrogens (tertiary/aromatic N) is 2. The van der Waals surface area contributed by atoms with E-state index in [1.165, 1.54) is 0 Å². The molecule has 0 radical (unpaired) electrons. The minimum Gasteiger partial charge on any atom is -0.385 e. The molecule has 24 heavy (non-hydrogen) atoms. The summed E-state index contributed by atoms with van der Waals surface area (Å²) < 4.78 is 0. The Morgan fingerprint density at radius 1 is 1.17 bits per heavy atom. The Labute approximate surface area is 149 Å². The standard InChI is InChI=1S/C19H27ClN2O2/c1-15-6-10-22(11-7-15)18(23)14-21-12-8-19(24,9-13-21)16-2-4-17(20)5-3-16/h2-5,15,24H,6-14H2,1H3. The molecule has 2 heterocycles. The van der Waals surface area contributed by atoms with Crippen molar-refractivity contribution in [3.8, 4) is 0 Å². The van der Waals surface area contributed by atoms with E-state index in [-0.39, 0.29) is 5.91 Å². The fourth-order valence-electron chi connectivity index (χ4n) is 3.68. The first-order chi connectivity index (χ1) is 11.5. The average molecular weight is 351 g/mol. The fourth-order valence-corrected chi connectivity index (χ4v) is 3.81. The van der Waals surface area contributed by atoms with Gasteiger partial charge in [-0.2, -0.15) is 0 Å². The van der Waals surface area contributed by atoms with E-state index in [1.54, 1.807) is 0 Å². The van der Waals surface area contributed by atoms with Gasteiger partial charge in [-0.25, -0.2) is 0 Å². The number of aliphatic hydroxyl groups is 1. The number of amides is 1. The van der Waals surface area contributed by atoms with Crippen LogP contribution in [0.1, 0.15) is 38.2 Å². The van der Waals surface area contributed by atoms with Crippen molar-refractivity contribution in [3.63, 3.8) is 0 Å². The lowest BCUT2D eigenvalue weighted by Crippen LogP contribution is -2.48. The molecule has 2 aliphatic rings. The van der Waals surface area contributed by atoms with E-state index in [4.69, 9.17) is 11.6 Å². The summed E-state index contributed by atoms with van der Waals surface area (Å²) in [6, 6.07) is 7.44. The highest BCUT2D eigenvalue weighted by Gasteiger charge is 2.34. The molecule has 0 unspecified atom stereocenters. The van der Waals surface area contributed by atoms with Crippen LogP contribution < -0.4 is 0 Å². The maximum Gasteiger partial charge on any atom is 0.236 e. The summed E-state index contributed by atoms with van der Waals surface area (Å²) in [4.78, 5) is 16.6. The number of hydrogen-bond acceptors (Lipinski definition) is 3. The molecule has 1 N–H and O–H groups in total. The van der Waals surface area contributed by atoms with Gasteiger partial charge in [0.2, 0.25) is 5.91 Å². The number of piperidine rings is 2. The van der Waals surface area contributed by atoms with Gasteiger partial charge in [0.1, 0.15) is 0 Å². The summed E-state index contributed by atoms with van der Waals surface area (Å²) in [6.45, 7) is 6.00. The van der Waals surface area contributed by atoms with Gasteiger partial charge in [-0.3, -0.25) is 9.69 Å². The van der Waals surface area contributed by atoms with Gasteiger partial charge in [0.25, 0.3) is 0 Å². The number of halogens is 1. The van der Waals surface area contributed by atoms with E-state index in [2.05, 4.69) is 11.8 Å². The van der Waals surface area contributed by atoms with E-state index in [0.29, 0.717) is 24.4 Å². The van der Waals surface area contributed by atoms with Crippen molar-refractivity contribution in [2.24, 2.45) is 5.92 Å². The lowest BCUT2D eigenvalue weighted by atomic mass is 9.84. The predicted octanol–water partition coefficient (Wildman–Crippen LogP) is 2.88. The van der Waals surface area contributed by atoms with Gasteiger partial charge < -0.3 is 10.0 Å². The van der Waals surface area contributed by atoms with Crippen molar-refractivity contribution >= 4 is 17.5 Å². The van der Waals surface area contributed by atoms with E-state index < -0.39 is 5.60 Å². The first-order valence-corrected chi connectivity index (χ1v) is 9.33. The number of benzene rings is 1. The van der Waals surface area contributed by atoms with Crippen molar-refractivity contribution in [3.05, 3.63) is 34.9 Å². The van der Waals surface area contributed by atoms with Crippen molar-refractivity contribution in [2.75, 3.05) is 32.7 Å². The molecule has 0 spiro atoms. The number of hydrogen-bond donors (Lipinski definition) is 1.